The molecule has 5 heteroatoms. The monoisotopic (exact) mass is 360 g/mol. The van der Waals surface area contributed by atoms with E-state index in [4.69, 9.17) is 19.9 Å². The fourth-order valence-corrected chi connectivity index (χ4v) is 3.91. The van der Waals surface area contributed by atoms with Gasteiger partial charge in [-0.15, -0.1) is 0 Å². The first-order valence-corrected chi connectivity index (χ1v) is 8.78. The lowest BCUT2D eigenvalue weighted by molar-refractivity contribution is 0.347. The van der Waals surface area contributed by atoms with Gasteiger partial charge >= 0.3 is 0 Å². The smallest absolute Gasteiger partial charge is 0.205 e. The number of rotatable bonds is 3. The lowest BCUT2D eigenvalue weighted by Gasteiger charge is -2.33. The van der Waals surface area contributed by atoms with Crippen molar-refractivity contribution in [2.24, 2.45) is 5.73 Å². The summed E-state index contributed by atoms with van der Waals surface area (Å²) in [7, 11) is 3.20. The Bertz CT molecular complexity index is 1010. The van der Waals surface area contributed by atoms with E-state index in [-0.39, 0.29) is 11.8 Å². The second-order valence-corrected chi connectivity index (χ2v) is 6.55. The third-order valence-electron chi connectivity index (χ3n) is 5.19. The number of ether oxygens (including phenoxy) is 3. The van der Waals surface area contributed by atoms with Gasteiger partial charge in [-0.25, -0.2) is 0 Å². The molecule has 0 aromatic heterocycles. The number of benzene rings is 2. The van der Waals surface area contributed by atoms with E-state index in [1.807, 2.05) is 36.4 Å². The second-order valence-electron chi connectivity index (χ2n) is 6.55. The van der Waals surface area contributed by atoms with Crippen LogP contribution in [0.2, 0.25) is 0 Å². The topological polar surface area (TPSA) is 77.5 Å². The maximum absolute atomic E-state index is 9.76. The molecule has 136 valence electrons. The van der Waals surface area contributed by atoms with E-state index in [9.17, 15) is 5.26 Å². The Morgan fingerprint density at radius 1 is 1.07 bits per heavy atom. The molecule has 27 heavy (non-hydrogen) atoms. The van der Waals surface area contributed by atoms with Crippen LogP contribution in [0.4, 0.5) is 0 Å². The first kappa shape index (κ1) is 17.0. The van der Waals surface area contributed by atoms with Gasteiger partial charge in [-0.1, -0.05) is 30.3 Å². The van der Waals surface area contributed by atoms with Gasteiger partial charge in [0.15, 0.2) is 11.5 Å². The minimum atomic E-state index is -0.257. The number of hydrogen-bond acceptors (Lipinski definition) is 5. The number of aryl methyl sites for hydroxylation is 1. The Morgan fingerprint density at radius 2 is 1.85 bits per heavy atom. The molecule has 0 bridgehead atoms. The van der Waals surface area contributed by atoms with E-state index in [1.54, 1.807) is 14.2 Å². The van der Waals surface area contributed by atoms with Crippen molar-refractivity contribution < 1.29 is 14.2 Å². The van der Waals surface area contributed by atoms with Gasteiger partial charge in [0, 0.05) is 11.5 Å². The standard InChI is InChI=1S/C22H20N2O3/c1-25-18-10-8-14(11-19(18)26-2)20-16-9-7-13-5-3-4-6-15(13)21(16)27-22(24)17(20)12-23/h3-6,8,10-11,20H,7,9,24H2,1-2H3. The third kappa shape index (κ3) is 2.70. The molecule has 2 N–H and O–H groups in total. The van der Waals surface area contributed by atoms with Gasteiger partial charge in [0.05, 0.1) is 14.2 Å². The lowest BCUT2D eigenvalue weighted by atomic mass is 9.76. The molecule has 0 amide bonds. The molecule has 1 heterocycles. The molecule has 0 saturated heterocycles. The van der Waals surface area contributed by atoms with Crippen LogP contribution in [-0.4, -0.2) is 14.2 Å². The fourth-order valence-electron chi connectivity index (χ4n) is 3.91. The molecule has 2 aromatic carbocycles. The Hall–Kier alpha value is -3.39. The number of methoxy groups -OCH3 is 2. The van der Waals surface area contributed by atoms with Gasteiger partial charge in [-0.05, 0) is 41.7 Å². The van der Waals surface area contributed by atoms with Gasteiger partial charge in [-0.3, -0.25) is 0 Å². The van der Waals surface area contributed by atoms with Crippen LogP contribution in [0.1, 0.15) is 29.0 Å². The molecule has 2 aromatic rings. The summed E-state index contributed by atoms with van der Waals surface area (Å²) in [5.41, 5.74) is 10.9. The van der Waals surface area contributed by atoms with Crippen LogP contribution in [0.25, 0.3) is 5.76 Å². The highest BCUT2D eigenvalue weighted by Crippen LogP contribution is 2.48. The van der Waals surface area contributed by atoms with E-state index < -0.39 is 0 Å². The van der Waals surface area contributed by atoms with Crippen LogP contribution < -0.4 is 15.2 Å². The van der Waals surface area contributed by atoms with Crippen LogP contribution in [0, 0.1) is 11.3 Å². The normalized spacial score (nSPS) is 18.2. The summed E-state index contributed by atoms with van der Waals surface area (Å²) in [4.78, 5) is 0. The number of fused-ring (bicyclic) bond motifs is 2. The minimum absolute atomic E-state index is 0.160. The molecular formula is C22H20N2O3. The molecule has 5 nitrogen and oxygen atoms in total. The van der Waals surface area contributed by atoms with Crippen LogP contribution in [0.3, 0.4) is 0 Å². The van der Waals surface area contributed by atoms with E-state index in [1.165, 1.54) is 5.56 Å². The predicted octanol–water partition coefficient (Wildman–Crippen LogP) is 3.87. The number of allylic oxidation sites excluding steroid dienone is 2. The van der Waals surface area contributed by atoms with Gasteiger partial charge in [0.2, 0.25) is 5.88 Å². The summed E-state index contributed by atoms with van der Waals surface area (Å²) < 4.78 is 16.7. The number of nitriles is 1. The summed E-state index contributed by atoms with van der Waals surface area (Å²) in [6.07, 6.45) is 1.71. The van der Waals surface area contributed by atoms with Crippen molar-refractivity contribution in [1.29, 1.82) is 5.26 Å². The molecule has 0 radical (unpaired) electrons. The van der Waals surface area contributed by atoms with Gasteiger partial charge in [0.1, 0.15) is 17.4 Å². The van der Waals surface area contributed by atoms with E-state index in [0.717, 1.165) is 35.3 Å². The molecule has 0 saturated carbocycles. The molecule has 1 atom stereocenters. The predicted molar refractivity (Wildman–Crippen MR) is 102 cm³/mol. The quantitative estimate of drug-likeness (QED) is 0.899. The van der Waals surface area contributed by atoms with Crippen molar-refractivity contribution in [2.45, 2.75) is 18.8 Å². The Balaban J connectivity index is 1.90. The SMILES string of the molecule is COc1ccc(C2C(C#N)=C(N)OC3=C2CCc2ccccc23)cc1OC. The Labute approximate surface area is 158 Å². The maximum atomic E-state index is 9.76. The van der Waals surface area contributed by atoms with Crippen molar-refractivity contribution in [3.63, 3.8) is 0 Å². The zero-order valence-electron chi connectivity index (χ0n) is 15.3. The lowest BCUT2D eigenvalue weighted by Crippen LogP contribution is -2.23. The van der Waals surface area contributed by atoms with Gasteiger partial charge in [-0.2, -0.15) is 5.26 Å². The summed E-state index contributed by atoms with van der Waals surface area (Å²) in [5, 5.41) is 9.76. The minimum Gasteiger partial charge on any atom is -0.493 e. The highest BCUT2D eigenvalue weighted by atomic mass is 16.5. The Morgan fingerprint density at radius 3 is 2.59 bits per heavy atom. The third-order valence-corrected chi connectivity index (χ3v) is 5.19. The summed E-state index contributed by atoms with van der Waals surface area (Å²) in [6, 6.07) is 16.1. The highest BCUT2D eigenvalue weighted by molar-refractivity contribution is 5.74. The van der Waals surface area contributed by atoms with Gasteiger partial charge < -0.3 is 19.9 Å². The van der Waals surface area contributed by atoms with Crippen molar-refractivity contribution in [2.75, 3.05) is 14.2 Å². The first-order valence-electron chi connectivity index (χ1n) is 8.78. The zero-order valence-corrected chi connectivity index (χ0v) is 15.3. The fraction of sp³-hybridized carbons (Fsp3) is 0.227. The van der Waals surface area contributed by atoms with Crippen LogP contribution in [0.15, 0.2) is 59.5 Å². The van der Waals surface area contributed by atoms with E-state index in [0.29, 0.717) is 17.1 Å². The average Bonchev–Trinajstić information content (AvgIpc) is 2.72. The summed E-state index contributed by atoms with van der Waals surface area (Å²) in [5.74, 6) is 1.94. The zero-order chi connectivity index (χ0) is 19.0. The molecular weight excluding hydrogens is 340 g/mol. The summed E-state index contributed by atoms with van der Waals surface area (Å²) >= 11 is 0. The van der Waals surface area contributed by atoms with Crippen molar-refractivity contribution in [3.05, 3.63) is 76.2 Å². The van der Waals surface area contributed by atoms with Crippen molar-refractivity contribution in [3.8, 4) is 17.6 Å². The average molecular weight is 360 g/mol. The number of nitrogens with two attached hydrogens (primary N) is 1. The first-order chi connectivity index (χ1) is 13.2. The molecule has 1 unspecified atom stereocenters. The van der Waals surface area contributed by atoms with Crippen LogP contribution in [-0.2, 0) is 11.2 Å². The number of hydrogen-bond donors (Lipinski definition) is 1. The second kappa shape index (κ2) is 6.73. The molecule has 4 rings (SSSR count). The maximum Gasteiger partial charge on any atom is 0.205 e. The largest absolute Gasteiger partial charge is 0.493 e. The number of nitrogens with zero attached hydrogens (tertiary/aromatic N) is 1. The van der Waals surface area contributed by atoms with Crippen LogP contribution in [0.5, 0.6) is 11.5 Å². The molecule has 1 aliphatic heterocycles. The van der Waals surface area contributed by atoms with Crippen molar-refractivity contribution in [1.82, 2.24) is 0 Å². The van der Waals surface area contributed by atoms with Gasteiger partial charge in [0.25, 0.3) is 0 Å². The van der Waals surface area contributed by atoms with E-state index >= 15 is 0 Å². The van der Waals surface area contributed by atoms with Crippen molar-refractivity contribution >= 4 is 5.76 Å². The Kier molecular flexibility index (Phi) is 4.25. The summed E-state index contributed by atoms with van der Waals surface area (Å²) in [6.45, 7) is 0. The molecule has 0 fully saturated rings. The highest BCUT2D eigenvalue weighted by Gasteiger charge is 2.36. The molecule has 2 aliphatic rings. The molecule has 0 spiro atoms. The van der Waals surface area contributed by atoms with E-state index in [2.05, 4.69) is 12.1 Å². The van der Waals surface area contributed by atoms with Crippen LogP contribution >= 0.6 is 0 Å². The molecule has 1 aliphatic carbocycles.